The van der Waals surface area contributed by atoms with Gasteiger partial charge in [-0.2, -0.15) is 0 Å². The molecule has 0 bridgehead atoms. The van der Waals surface area contributed by atoms with Crippen molar-refractivity contribution in [1.29, 1.82) is 0 Å². The summed E-state index contributed by atoms with van der Waals surface area (Å²) in [6.45, 7) is 0. The normalized spacial score (nSPS) is 10.0. The Kier molecular flexibility index (Phi) is 2.02. The molecule has 14 heavy (non-hydrogen) atoms. The third-order valence-electron chi connectivity index (χ3n) is 1.83. The number of anilines is 2. The van der Waals surface area contributed by atoms with Gasteiger partial charge in [-0.05, 0) is 24.3 Å². The van der Waals surface area contributed by atoms with Crippen LogP contribution in [-0.4, -0.2) is 9.97 Å². The second kappa shape index (κ2) is 3.33. The lowest BCUT2D eigenvalue weighted by atomic mass is 10.2. The van der Waals surface area contributed by atoms with E-state index in [9.17, 15) is 0 Å². The zero-order chi connectivity index (χ0) is 9.97. The molecule has 0 amide bonds. The molecule has 0 unspecified atom stereocenters. The lowest BCUT2D eigenvalue weighted by Crippen LogP contribution is -1.92. The molecule has 70 valence electrons. The first-order valence-electron chi connectivity index (χ1n) is 4.19. The predicted octanol–water partition coefficient (Wildman–Crippen LogP) is 1.31. The van der Waals surface area contributed by atoms with Crippen LogP contribution in [0, 0.1) is 0 Å². The van der Waals surface area contributed by atoms with Crippen molar-refractivity contribution in [3.63, 3.8) is 0 Å². The summed E-state index contributed by atoms with van der Waals surface area (Å²) in [5, 5.41) is 0. The molecule has 0 saturated carbocycles. The Bertz CT molecular complexity index is 436. The zero-order valence-corrected chi connectivity index (χ0v) is 7.51. The second-order valence-corrected chi connectivity index (χ2v) is 2.95. The fourth-order valence-electron chi connectivity index (χ4n) is 1.14. The lowest BCUT2D eigenvalue weighted by molar-refractivity contribution is 1.25. The highest BCUT2D eigenvalue weighted by Gasteiger charge is 1.99. The van der Waals surface area contributed by atoms with Crippen molar-refractivity contribution in [3.8, 4) is 11.4 Å². The molecule has 2 aromatic heterocycles. The van der Waals surface area contributed by atoms with Gasteiger partial charge in [-0.25, -0.2) is 0 Å². The highest BCUT2D eigenvalue weighted by atomic mass is 14.8. The molecule has 2 rings (SSSR count). The first-order valence-corrected chi connectivity index (χ1v) is 4.19. The number of pyridine rings is 2. The third kappa shape index (κ3) is 1.64. The van der Waals surface area contributed by atoms with Gasteiger partial charge in [-0.1, -0.05) is 0 Å². The van der Waals surface area contributed by atoms with Crippen LogP contribution in [0.5, 0.6) is 0 Å². The molecule has 0 saturated heterocycles. The van der Waals surface area contributed by atoms with E-state index < -0.39 is 0 Å². The molecule has 0 aliphatic heterocycles. The fraction of sp³-hybridized carbons (Fsp3) is 0. The summed E-state index contributed by atoms with van der Waals surface area (Å²) >= 11 is 0. The molecule has 4 N–H and O–H groups in total. The van der Waals surface area contributed by atoms with E-state index in [1.165, 1.54) is 0 Å². The Morgan fingerprint density at radius 1 is 0.857 bits per heavy atom. The number of aromatic nitrogens is 2. The Labute approximate surface area is 81.6 Å². The zero-order valence-electron chi connectivity index (χ0n) is 7.51. The predicted molar refractivity (Wildman–Crippen MR) is 56.3 cm³/mol. The van der Waals surface area contributed by atoms with E-state index in [1.54, 1.807) is 30.6 Å². The van der Waals surface area contributed by atoms with Gasteiger partial charge in [-0.3, -0.25) is 9.97 Å². The van der Waals surface area contributed by atoms with Crippen LogP contribution < -0.4 is 11.5 Å². The van der Waals surface area contributed by atoms with Gasteiger partial charge >= 0.3 is 0 Å². The van der Waals surface area contributed by atoms with E-state index in [-0.39, 0.29) is 0 Å². The fourth-order valence-corrected chi connectivity index (χ4v) is 1.14. The van der Waals surface area contributed by atoms with Crippen LogP contribution in [0.2, 0.25) is 0 Å². The number of rotatable bonds is 1. The number of nitrogens with zero attached hydrogens (tertiary/aromatic N) is 2. The van der Waals surface area contributed by atoms with Crippen LogP contribution in [0.3, 0.4) is 0 Å². The monoisotopic (exact) mass is 186 g/mol. The maximum Gasteiger partial charge on any atom is 0.0906 e. The Morgan fingerprint density at radius 2 is 1.71 bits per heavy atom. The maximum absolute atomic E-state index is 5.63. The summed E-state index contributed by atoms with van der Waals surface area (Å²) in [5.41, 5.74) is 14.0. The number of nitrogen functional groups attached to an aromatic ring is 2. The maximum atomic E-state index is 5.63. The highest BCUT2D eigenvalue weighted by molar-refractivity contribution is 5.60. The molecule has 0 aliphatic carbocycles. The SMILES string of the molecule is Nc1ccc(-c2cc(N)ccn2)nc1. The molecule has 0 atom stereocenters. The van der Waals surface area contributed by atoms with Crippen molar-refractivity contribution in [2.45, 2.75) is 0 Å². The minimum atomic E-state index is 0.637. The summed E-state index contributed by atoms with van der Waals surface area (Å²) in [6.07, 6.45) is 3.25. The van der Waals surface area contributed by atoms with Crippen molar-refractivity contribution in [2.75, 3.05) is 11.5 Å². The van der Waals surface area contributed by atoms with Crippen molar-refractivity contribution in [1.82, 2.24) is 9.97 Å². The number of hydrogen-bond donors (Lipinski definition) is 2. The van der Waals surface area contributed by atoms with Crippen LogP contribution >= 0.6 is 0 Å². The molecule has 4 heteroatoms. The Balaban J connectivity index is 2.44. The van der Waals surface area contributed by atoms with Crippen LogP contribution in [0.4, 0.5) is 11.4 Å². The van der Waals surface area contributed by atoms with Gasteiger partial charge in [0.1, 0.15) is 0 Å². The minimum Gasteiger partial charge on any atom is -0.399 e. The molecule has 0 aromatic carbocycles. The first kappa shape index (κ1) is 8.50. The van der Waals surface area contributed by atoms with Gasteiger partial charge in [-0.15, -0.1) is 0 Å². The van der Waals surface area contributed by atoms with Crippen molar-refractivity contribution >= 4 is 11.4 Å². The highest BCUT2D eigenvalue weighted by Crippen LogP contribution is 2.16. The lowest BCUT2D eigenvalue weighted by Gasteiger charge is -2.00. The van der Waals surface area contributed by atoms with Crippen molar-refractivity contribution < 1.29 is 0 Å². The molecule has 0 fully saturated rings. The minimum absolute atomic E-state index is 0.637. The van der Waals surface area contributed by atoms with E-state index >= 15 is 0 Å². The summed E-state index contributed by atoms with van der Waals surface area (Å²) in [4.78, 5) is 8.30. The van der Waals surface area contributed by atoms with Gasteiger partial charge < -0.3 is 11.5 Å². The summed E-state index contributed by atoms with van der Waals surface area (Å²) < 4.78 is 0. The Hall–Kier alpha value is -2.10. The second-order valence-electron chi connectivity index (χ2n) is 2.95. The van der Waals surface area contributed by atoms with E-state index in [4.69, 9.17) is 11.5 Å². The first-order chi connectivity index (χ1) is 6.75. The molecule has 0 radical (unpaired) electrons. The molecule has 0 aliphatic rings. The topological polar surface area (TPSA) is 77.8 Å². The molecule has 2 heterocycles. The van der Waals surface area contributed by atoms with Gasteiger partial charge in [0.05, 0.1) is 23.3 Å². The van der Waals surface area contributed by atoms with E-state index in [2.05, 4.69) is 9.97 Å². The average molecular weight is 186 g/mol. The number of hydrogen-bond acceptors (Lipinski definition) is 4. The standard InChI is InChI=1S/C10H10N4/c11-7-3-4-13-10(5-7)9-2-1-8(12)6-14-9/h1-6H,12H2,(H2,11,13). The van der Waals surface area contributed by atoms with Crippen molar-refractivity contribution in [3.05, 3.63) is 36.7 Å². The van der Waals surface area contributed by atoms with E-state index in [1.807, 2.05) is 6.07 Å². The van der Waals surface area contributed by atoms with Crippen LogP contribution in [0.1, 0.15) is 0 Å². The van der Waals surface area contributed by atoms with Gasteiger partial charge in [0, 0.05) is 11.9 Å². The van der Waals surface area contributed by atoms with Crippen molar-refractivity contribution in [2.24, 2.45) is 0 Å². The number of nitrogens with two attached hydrogens (primary N) is 2. The largest absolute Gasteiger partial charge is 0.399 e. The van der Waals surface area contributed by atoms with E-state index in [0.717, 1.165) is 11.4 Å². The molecule has 0 spiro atoms. The Morgan fingerprint density at radius 3 is 2.36 bits per heavy atom. The summed E-state index contributed by atoms with van der Waals surface area (Å²) in [6, 6.07) is 7.11. The van der Waals surface area contributed by atoms with Gasteiger partial charge in [0.15, 0.2) is 0 Å². The third-order valence-corrected chi connectivity index (χ3v) is 1.83. The van der Waals surface area contributed by atoms with Crippen LogP contribution in [-0.2, 0) is 0 Å². The van der Waals surface area contributed by atoms with Crippen LogP contribution in [0.15, 0.2) is 36.7 Å². The molecular weight excluding hydrogens is 176 g/mol. The van der Waals surface area contributed by atoms with Crippen LogP contribution in [0.25, 0.3) is 11.4 Å². The molecular formula is C10H10N4. The molecule has 4 nitrogen and oxygen atoms in total. The summed E-state index contributed by atoms with van der Waals surface area (Å²) in [5.74, 6) is 0. The van der Waals surface area contributed by atoms with E-state index in [0.29, 0.717) is 11.4 Å². The average Bonchev–Trinajstić information content (AvgIpc) is 2.19. The smallest absolute Gasteiger partial charge is 0.0906 e. The van der Waals surface area contributed by atoms with Gasteiger partial charge in [0.25, 0.3) is 0 Å². The van der Waals surface area contributed by atoms with Gasteiger partial charge in [0.2, 0.25) is 0 Å². The molecule has 2 aromatic rings. The summed E-state index contributed by atoms with van der Waals surface area (Å²) in [7, 11) is 0. The quantitative estimate of drug-likeness (QED) is 0.703.